The van der Waals surface area contributed by atoms with E-state index in [0.717, 1.165) is 0 Å². The summed E-state index contributed by atoms with van der Waals surface area (Å²) in [6.07, 6.45) is 0. The largest absolute Gasteiger partial charge is 0.494 e. The van der Waals surface area contributed by atoms with Crippen LogP contribution in [0.2, 0.25) is 0 Å². The SMILES string of the molecule is Cn1c(O)c(C(=O)C(=O)O)c2ccccc21. The predicted molar refractivity (Wildman–Crippen MR) is 56.6 cm³/mol. The zero-order valence-electron chi connectivity index (χ0n) is 8.47. The van der Waals surface area contributed by atoms with Gasteiger partial charge in [0.25, 0.3) is 5.78 Å². The first-order chi connectivity index (χ1) is 7.54. The molecule has 2 aromatic rings. The Labute approximate surface area is 90.5 Å². The number of ketones is 1. The summed E-state index contributed by atoms with van der Waals surface area (Å²) in [4.78, 5) is 22.1. The number of nitrogens with zero attached hydrogens (tertiary/aromatic N) is 1. The molecule has 16 heavy (non-hydrogen) atoms. The highest BCUT2D eigenvalue weighted by atomic mass is 16.4. The number of benzene rings is 1. The third-order valence-corrected chi connectivity index (χ3v) is 2.50. The molecule has 0 fully saturated rings. The van der Waals surface area contributed by atoms with Gasteiger partial charge in [-0.25, -0.2) is 4.79 Å². The molecule has 0 aliphatic carbocycles. The van der Waals surface area contributed by atoms with Crippen molar-refractivity contribution in [3.05, 3.63) is 29.8 Å². The fourth-order valence-electron chi connectivity index (χ4n) is 1.71. The summed E-state index contributed by atoms with van der Waals surface area (Å²) in [5.41, 5.74) is 0.454. The van der Waals surface area contributed by atoms with E-state index < -0.39 is 11.8 Å². The fraction of sp³-hybridized carbons (Fsp3) is 0.0909. The summed E-state index contributed by atoms with van der Waals surface area (Å²) >= 11 is 0. The predicted octanol–water partition coefficient (Wildman–Crippen LogP) is 1.15. The number of aromatic nitrogens is 1. The van der Waals surface area contributed by atoms with Crippen LogP contribution in [0.4, 0.5) is 0 Å². The third-order valence-electron chi connectivity index (χ3n) is 2.50. The number of aromatic hydroxyl groups is 1. The Balaban J connectivity index is 2.84. The molecule has 0 spiro atoms. The molecule has 0 unspecified atom stereocenters. The quantitative estimate of drug-likeness (QED) is 0.586. The molecule has 2 N–H and O–H groups in total. The van der Waals surface area contributed by atoms with Gasteiger partial charge in [-0.15, -0.1) is 0 Å². The number of hydrogen-bond donors (Lipinski definition) is 2. The fourth-order valence-corrected chi connectivity index (χ4v) is 1.71. The Morgan fingerprint density at radius 3 is 2.50 bits per heavy atom. The lowest BCUT2D eigenvalue weighted by molar-refractivity contribution is -0.131. The van der Waals surface area contributed by atoms with Crippen molar-refractivity contribution in [2.75, 3.05) is 0 Å². The lowest BCUT2D eigenvalue weighted by Crippen LogP contribution is -2.12. The number of para-hydroxylation sites is 1. The third kappa shape index (κ3) is 1.25. The maximum absolute atomic E-state index is 11.4. The molecule has 2 rings (SSSR count). The van der Waals surface area contributed by atoms with E-state index in [2.05, 4.69) is 0 Å². The van der Waals surface area contributed by atoms with Crippen LogP contribution < -0.4 is 0 Å². The Morgan fingerprint density at radius 1 is 1.25 bits per heavy atom. The monoisotopic (exact) mass is 219 g/mol. The minimum atomic E-state index is -1.58. The normalized spacial score (nSPS) is 10.6. The maximum atomic E-state index is 11.4. The van der Waals surface area contributed by atoms with Crippen LogP contribution in [0.3, 0.4) is 0 Å². The second kappa shape index (κ2) is 3.37. The first-order valence-electron chi connectivity index (χ1n) is 4.58. The second-order valence-electron chi connectivity index (χ2n) is 3.41. The van der Waals surface area contributed by atoms with Gasteiger partial charge in [0.2, 0.25) is 5.88 Å². The Kier molecular flexibility index (Phi) is 2.16. The van der Waals surface area contributed by atoms with Crippen molar-refractivity contribution < 1.29 is 19.8 Å². The molecule has 0 radical (unpaired) electrons. The molecular formula is C11H9NO4. The molecular weight excluding hydrogens is 210 g/mol. The van der Waals surface area contributed by atoms with Crippen molar-refractivity contribution in [2.24, 2.45) is 7.05 Å². The summed E-state index contributed by atoms with van der Waals surface area (Å²) in [6, 6.07) is 6.73. The van der Waals surface area contributed by atoms with Crippen molar-refractivity contribution in [2.45, 2.75) is 0 Å². The Hall–Kier alpha value is -2.30. The smallest absolute Gasteiger partial charge is 0.377 e. The van der Waals surface area contributed by atoms with E-state index in [4.69, 9.17) is 5.11 Å². The highest BCUT2D eigenvalue weighted by Crippen LogP contribution is 2.30. The zero-order valence-corrected chi connectivity index (χ0v) is 8.47. The van der Waals surface area contributed by atoms with Crippen molar-refractivity contribution >= 4 is 22.7 Å². The highest BCUT2D eigenvalue weighted by Gasteiger charge is 2.25. The van der Waals surface area contributed by atoms with Gasteiger partial charge in [0, 0.05) is 12.4 Å². The van der Waals surface area contributed by atoms with Gasteiger partial charge in [0.15, 0.2) is 0 Å². The standard InChI is InChI=1S/C11H9NO4/c1-12-7-5-3-2-4-6(7)8(10(12)14)9(13)11(15)16/h2-5,14H,1H3,(H,15,16). The summed E-state index contributed by atoms with van der Waals surface area (Å²) in [5.74, 6) is -3.01. The van der Waals surface area contributed by atoms with Gasteiger partial charge in [0.1, 0.15) is 0 Å². The topological polar surface area (TPSA) is 79.5 Å². The molecule has 0 saturated carbocycles. The van der Waals surface area contributed by atoms with E-state index in [1.807, 2.05) is 0 Å². The molecule has 5 heteroatoms. The molecule has 1 heterocycles. The molecule has 0 atom stereocenters. The van der Waals surface area contributed by atoms with Crippen molar-refractivity contribution in [3.8, 4) is 5.88 Å². The summed E-state index contributed by atoms with van der Waals surface area (Å²) in [6.45, 7) is 0. The number of Topliss-reactive ketones (excluding diaryl/α,β-unsaturated/α-hetero) is 1. The van der Waals surface area contributed by atoms with Gasteiger partial charge in [-0.1, -0.05) is 18.2 Å². The second-order valence-corrected chi connectivity index (χ2v) is 3.41. The first-order valence-corrected chi connectivity index (χ1v) is 4.58. The van der Waals surface area contributed by atoms with E-state index in [9.17, 15) is 14.7 Å². The van der Waals surface area contributed by atoms with Gasteiger partial charge in [0.05, 0.1) is 11.1 Å². The number of aliphatic carboxylic acids is 1. The number of carboxylic acid groups (broad SMARTS) is 1. The van der Waals surface area contributed by atoms with Crippen LogP contribution in [0.15, 0.2) is 24.3 Å². The van der Waals surface area contributed by atoms with E-state index >= 15 is 0 Å². The van der Waals surface area contributed by atoms with E-state index in [1.165, 1.54) is 4.57 Å². The molecule has 0 amide bonds. The number of fused-ring (bicyclic) bond motifs is 1. The molecule has 5 nitrogen and oxygen atoms in total. The van der Waals surface area contributed by atoms with Crippen molar-refractivity contribution in [1.82, 2.24) is 4.57 Å². The Morgan fingerprint density at radius 2 is 1.88 bits per heavy atom. The summed E-state index contributed by atoms with van der Waals surface area (Å²) < 4.78 is 1.38. The number of carbonyl (C=O) groups is 2. The number of hydrogen-bond acceptors (Lipinski definition) is 3. The van der Waals surface area contributed by atoms with Gasteiger partial charge in [-0.2, -0.15) is 0 Å². The first kappa shape index (κ1) is 10.2. The Bertz CT molecular complexity index is 597. The van der Waals surface area contributed by atoms with Crippen LogP contribution in [0.5, 0.6) is 5.88 Å². The van der Waals surface area contributed by atoms with Crippen molar-refractivity contribution in [1.29, 1.82) is 0 Å². The average Bonchev–Trinajstić information content (AvgIpc) is 2.52. The molecule has 0 aliphatic heterocycles. The molecule has 0 saturated heterocycles. The van der Waals surface area contributed by atoms with Crippen LogP contribution in [-0.2, 0) is 11.8 Å². The molecule has 1 aromatic carbocycles. The van der Waals surface area contributed by atoms with Gasteiger partial charge in [-0.3, -0.25) is 4.79 Å². The van der Waals surface area contributed by atoms with Gasteiger partial charge < -0.3 is 14.8 Å². The molecule has 82 valence electrons. The number of carbonyl (C=O) groups excluding carboxylic acids is 1. The maximum Gasteiger partial charge on any atom is 0.377 e. The van der Waals surface area contributed by atoms with E-state index in [0.29, 0.717) is 10.9 Å². The van der Waals surface area contributed by atoms with Crippen LogP contribution in [0.1, 0.15) is 10.4 Å². The van der Waals surface area contributed by atoms with Crippen LogP contribution in [-0.4, -0.2) is 26.5 Å². The number of rotatable bonds is 2. The average molecular weight is 219 g/mol. The molecule has 0 bridgehead atoms. The minimum absolute atomic E-state index is 0.161. The van der Waals surface area contributed by atoms with E-state index in [-0.39, 0.29) is 11.4 Å². The molecule has 1 aromatic heterocycles. The lowest BCUT2D eigenvalue weighted by Gasteiger charge is -1.96. The highest BCUT2D eigenvalue weighted by molar-refractivity contribution is 6.43. The lowest BCUT2D eigenvalue weighted by atomic mass is 10.1. The van der Waals surface area contributed by atoms with Crippen LogP contribution in [0.25, 0.3) is 10.9 Å². The van der Waals surface area contributed by atoms with E-state index in [1.54, 1.807) is 31.3 Å². The zero-order chi connectivity index (χ0) is 11.9. The minimum Gasteiger partial charge on any atom is -0.494 e. The number of carboxylic acids is 1. The van der Waals surface area contributed by atoms with Crippen molar-refractivity contribution in [3.63, 3.8) is 0 Å². The van der Waals surface area contributed by atoms with Gasteiger partial charge in [-0.05, 0) is 6.07 Å². The number of aryl methyl sites for hydroxylation is 1. The summed E-state index contributed by atoms with van der Waals surface area (Å²) in [5, 5.41) is 18.8. The van der Waals surface area contributed by atoms with Crippen LogP contribution >= 0.6 is 0 Å². The summed E-state index contributed by atoms with van der Waals surface area (Å²) in [7, 11) is 1.57. The molecule has 0 aliphatic rings. The van der Waals surface area contributed by atoms with Crippen LogP contribution in [0, 0.1) is 0 Å². The van der Waals surface area contributed by atoms with Gasteiger partial charge >= 0.3 is 5.97 Å².